The Hall–Kier alpha value is -0.0800. The van der Waals surface area contributed by atoms with Gasteiger partial charge in [-0.25, -0.2) is 0 Å². The maximum absolute atomic E-state index is 8.65. The van der Waals surface area contributed by atoms with Crippen molar-refractivity contribution in [3.8, 4) is 0 Å². The van der Waals surface area contributed by atoms with E-state index in [-0.39, 0.29) is 6.61 Å². The summed E-state index contributed by atoms with van der Waals surface area (Å²) in [7, 11) is 0. The van der Waals surface area contributed by atoms with E-state index < -0.39 is 0 Å². The van der Waals surface area contributed by atoms with Gasteiger partial charge in [-0.2, -0.15) is 0 Å². The van der Waals surface area contributed by atoms with Gasteiger partial charge in [-0.1, -0.05) is 20.8 Å². The molecule has 0 spiro atoms. The normalized spacial score (nSPS) is 31.7. The van der Waals surface area contributed by atoms with Crippen molar-refractivity contribution in [2.45, 2.75) is 52.6 Å². The van der Waals surface area contributed by atoms with Crippen LogP contribution in [0.2, 0.25) is 0 Å². The topological polar surface area (TPSA) is 29.5 Å². The fourth-order valence-electron chi connectivity index (χ4n) is 2.08. The zero-order valence-corrected chi connectivity index (χ0v) is 9.75. The first-order valence-corrected chi connectivity index (χ1v) is 5.78. The second-order valence-corrected chi connectivity index (χ2v) is 5.23. The zero-order valence-electron chi connectivity index (χ0n) is 9.75. The van der Waals surface area contributed by atoms with Gasteiger partial charge in [0.25, 0.3) is 0 Å². The lowest BCUT2D eigenvalue weighted by Gasteiger charge is -2.40. The molecule has 0 aromatic carbocycles. The first-order valence-electron chi connectivity index (χ1n) is 5.78. The fourth-order valence-corrected chi connectivity index (χ4v) is 2.08. The Morgan fingerprint density at radius 2 is 2.14 bits per heavy atom. The SMILES string of the molecule is C[C@H]1C[C@@H](OCCCO)CCC1(C)C. The Labute approximate surface area is 87.7 Å². The Balaban J connectivity index is 2.25. The third kappa shape index (κ3) is 3.25. The van der Waals surface area contributed by atoms with E-state index in [4.69, 9.17) is 9.84 Å². The smallest absolute Gasteiger partial charge is 0.0578 e. The molecule has 0 radical (unpaired) electrons. The van der Waals surface area contributed by atoms with Crippen molar-refractivity contribution in [1.29, 1.82) is 0 Å². The van der Waals surface area contributed by atoms with Crippen molar-refractivity contribution in [2.24, 2.45) is 11.3 Å². The molecule has 1 N–H and O–H groups in total. The third-order valence-electron chi connectivity index (χ3n) is 3.72. The van der Waals surface area contributed by atoms with Gasteiger partial charge < -0.3 is 9.84 Å². The van der Waals surface area contributed by atoms with Crippen LogP contribution in [0.3, 0.4) is 0 Å². The number of ether oxygens (including phenoxy) is 1. The predicted molar refractivity (Wildman–Crippen MR) is 58.2 cm³/mol. The van der Waals surface area contributed by atoms with Crippen molar-refractivity contribution in [2.75, 3.05) is 13.2 Å². The minimum atomic E-state index is 0.244. The number of rotatable bonds is 4. The fraction of sp³-hybridized carbons (Fsp3) is 1.00. The minimum Gasteiger partial charge on any atom is -0.396 e. The predicted octanol–water partition coefficient (Wildman–Crippen LogP) is 2.60. The molecule has 14 heavy (non-hydrogen) atoms. The van der Waals surface area contributed by atoms with Gasteiger partial charge in [-0.05, 0) is 37.0 Å². The highest BCUT2D eigenvalue weighted by atomic mass is 16.5. The van der Waals surface area contributed by atoms with Gasteiger partial charge in [0, 0.05) is 13.2 Å². The standard InChI is InChI=1S/C12H24O2/c1-10-9-11(14-8-4-7-13)5-6-12(10,2)3/h10-11,13H,4-9H2,1-3H3/t10-,11-/m0/s1. The van der Waals surface area contributed by atoms with E-state index in [9.17, 15) is 0 Å². The maximum atomic E-state index is 8.65. The van der Waals surface area contributed by atoms with Crippen LogP contribution < -0.4 is 0 Å². The zero-order chi connectivity index (χ0) is 10.6. The molecular formula is C12H24O2. The molecule has 1 saturated carbocycles. The van der Waals surface area contributed by atoms with E-state index >= 15 is 0 Å². The Morgan fingerprint density at radius 1 is 1.43 bits per heavy atom. The van der Waals surface area contributed by atoms with Crippen LogP contribution in [0, 0.1) is 11.3 Å². The highest BCUT2D eigenvalue weighted by molar-refractivity contribution is 4.84. The Bertz CT molecular complexity index is 166. The lowest BCUT2D eigenvalue weighted by molar-refractivity contribution is -0.0243. The van der Waals surface area contributed by atoms with Crippen LogP contribution in [0.15, 0.2) is 0 Å². The average Bonchev–Trinajstić information content (AvgIpc) is 2.12. The quantitative estimate of drug-likeness (QED) is 0.707. The van der Waals surface area contributed by atoms with E-state index in [1.807, 2.05) is 0 Å². The van der Waals surface area contributed by atoms with Crippen molar-refractivity contribution < 1.29 is 9.84 Å². The average molecular weight is 200 g/mol. The Kier molecular flexibility index (Phi) is 4.39. The molecule has 0 aromatic heterocycles. The molecule has 1 fully saturated rings. The molecule has 0 aromatic rings. The second kappa shape index (κ2) is 5.13. The molecule has 0 amide bonds. The van der Waals surface area contributed by atoms with Gasteiger partial charge in [0.1, 0.15) is 0 Å². The summed E-state index contributed by atoms with van der Waals surface area (Å²) < 4.78 is 5.73. The van der Waals surface area contributed by atoms with E-state index in [1.54, 1.807) is 0 Å². The molecule has 0 unspecified atom stereocenters. The summed E-state index contributed by atoms with van der Waals surface area (Å²) in [6.07, 6.45) is 4.83. The van der Waals surface area contributed by atoms with E-state index in [0.29, 0.717) is 18.1 Å². The number of hydrogen-bond donors (Lipinski definition) is 1. The van der Waals surface area contributed by atoms with E-state index in [0.717, 1.165) is 12.3 Å². The van der Waals surface area contributed by atoms with Crippen LogP contribution in [0.25, 0.3) is 0 Å². The summed E-state index contributed by atoms with van der Waals surface area (Å²) in [6, 6.07) is 0. The van der Waals surface area contributed by atoms with E-state index in [1.165, 1.54) is 19.3 Å². The molecule has 0 bridgehead atoms. The molecule has 0 saturated heterocycles. The first kappa shape index (κ1) is 12.0. The largest absolute Gasteiger partial charge is 0.396 e. The highest BCUT2D eigenvalue weighted by Gasteiger charge is 2.33. The molecule has 0 heterocycles. The summed E-state index contributed by atoms with van der Waals surface area (Å²) in [4.78, 5) is 0. The first-order chi connectivity index (χ1) is 6.56. The summed E-state index contributed by atoms with van der Waals surface area (Å²) in [6.45, 7) is 7.98. The molecule has 2 atom stereocenters. The van der Waals surface area contributed by atoms with Gasteiger partial charge in [-0.3, -0.25) is 0 Å². The van der Waals surface area contributed by atoms with Gasteiger partial charge in [-0.15, -0.1) is 0 Å². The maximum Gasteiger partial charge on any atom is 0.0578 e. The van der Waals surface area contributed by atoms with Crippen molar-refractivity contribution in [3.05, 3.63) is 0 Å². The second-order valence-electron chi connectivity index (χ2n) is 5.23. The van der Waals surface area contributed by atoms with Crippen LogP contribution in [-0.2, 0) is 4.74 Å². The number of aliphatic hydroxyl groups is 1. The minimum absolute atomic E-state index is 0.244. The summed E-state index contributed by atoms with van der Waals surface area (Å²) in [5, 5.41) is 8.65. The highest BCUT2D eigenvalue weighted by Crippen LogP contribution is 2.41. The molecule has 1 aliphatic rings. The van der Waals surface area contributed by atoms with Crippen LogP contribution >= 0.6 is 0 Å². The molecule has 2 nitrogen and oxygen atoms in total. The summed E-state index contributed by atoms with van der Waals surface area (Å²) in [5.74, 6) is 0.746. The number of aliphatic hydroxyl groups excluding tert-OH is 1. The molecule has 84 valence electrons. The summed E-state index contributed by atoms with van der Waals surface area (Å²) in [5.41, 5.74) is 0.483. The van der Waals surface area contributed by atoms with Gasteiger partial charge in [0.2, 0.25) is 0 Å². The lowest BCUT2D eigenvalue weighted by Crippen LogP contribution is -2.33. The van der Waals surface area contributed by atoms with Crippen LogP contribution in [0.5, 0.6) is 0 Å². The van der Waals surface area contributed by atoms with Crippen LogP contribution in [-0.4, -0.2) is 24.4 Å². The van der Waals surface area contributed by atoms with Gasteiger partial charge in [0.05, 0.1) is 6.10 Å². The Morgan fingerprint density at radius 3 is 2.71 bits per heavy atom. The molecular weight excluding hydrogens is 176 g/mol. The molecule has 2 heteroatoms. The van der Waals surface area contributed by atoms with Crippen molar-refractivity contribution >= 4 is 0 Å². The van der Waals surface area contributed by atoms with Crippen LogP contribution in [0.1, 0.15) is 46.5 Å². The van der Waals surface area contributed by atoms with Gasteiger partial charge >= 0.3 is 0 Å². The molecule has 1 rings (SSSR count). The van der Waals surface area contributed by atoms with Crippen LogP contribution in [0.4, 0.5) is 0 Å². The van der Waals surface area contributed by atoms with Crippen molar-refractivity contribution in [1.82, 2.24) is 0 Å². The third-order valence-corrected chi connectivity index (χ3v) is 3.72. The monoisotopic (exact) mass is 200 g/mol. The van der Waals surface area contributed by atoms with Crippen molar-refractivity contribution in [3.63, 3.8) is 0 Å². The lowest BCUT2D eigenvalue weighted by atomic mass is 9.69. The van der Waals surface area contributed by atoms with Gasteiger partial charge in [0.15, 0.2) is 0 Å². The molecule has 1 aliphatic carbocycles. The molecule has 0 aliphatic heterocycles. The summed E-state index contributed by atoms with van der Waals surface area (Å²) >= 11 is 0. The van der Waals surface area contributed by atoms with E-state index in [2.05, 4.69) is 20.8 Å². The number of hydrogen-bond acceptors (Lipinski definition) is 2.